The number of hydrogen-bond donors (Lipinski definition) is 1. The summed E-state index contributed by atoms with van der Waals surface area (Å²) in [6.45, 7) is 2.00. The molecule has 2 aromatic rings. The van der Waals surface area contributed by atoms with E-state index in [1.807, 2.05) is 19.1 Å². The standard InChI is InChI=1S/C17H14ClF2NO/c1-17(10-5-7-11(18)8-6-10)9-14(17)21-16(22)15-12(19)3-2-4-13(15)20/h2-8,14H,9H2,1H3,(H,21,22)/t14-,17-/m1/s1. The van der Waals surface area contributed by atoms with Crippen LogP contribution in [0.25, 0.3) is 0 Å². The van der Waals surface area contributed by atoms with E-state index in [4.69, 9.17) is 11.6 Å². The first-order valence-corrected chi connectivity index (χ1v) is 7.30. The molecule has 3 rings (SSSR count). The fourth-order valence-electron chi connectivity index (χ4n) is 2.67. The van der Waals surface area contributed by atoms with E-state index in [1.165, 1.54) is 6.07 Å². The number of hydrogen-bond acceptors (Lipinski definition) is 1. The minimum Gasteiger partial charge on any atom is -0.348 e. The van der Waals surface area contributed by atoms with Crippen LogP contribution in [0, 0.1) is 11.6 Å². The third-order valence-electron chi connectivity index (χ3n) is 4.24. The highest BCUT2D eigenvalue weighted by Gasteiger charge is 2.52. The number of nitrogens with one attached hydrogen (secondary N) is 1. The quantitative estimate of drug-likeness (QED) is 0.907. The summed E-state index contributed by atoms with van der Waals surface area (Å²) in [5.41, 5.74) is 0.270. The molecule has 0 heterocycles. The SMILES string of the molecule is C[C@]1(c2ccc(Cl)cc2)C[C@H]1NC(=O)c1c(F)cccc1F. The van der Waals surface area contributed by atoms with Crippen LogP contribution in [-0.2, 0) is 5.41 Å². The molecule has 0 bridgehead atoms. The molecular weight excluding hydrogens is 308 g/mol. The van der Waals surface area contributed by atoms with Crippen LogP contribution in [0.1, 0.15) is 29.3 Å². The zero-order valence-electron chi connectivity index (χ0n) is 11.9. The number of carbonyl (C=O) groups excluding carboxylic acids is 1. The van der Waals surface area contributed by atoms with E-state index < -0.39 is 23.1 Å². The molecule has 0 radical (unpaired) electrons. The van der Waals surface area contributed by atoms with Gasteiger partial charge >= 0.3 is 0 Å². The van der Waals surface area contributed by atoms with Crippen molar-refractivity contribution >= 4 is 17.5 Å². The van der Waals surface area contributed by atoms with Gasteiger partial charge in [0.1, 0.15) is 17.2 Å². The maximum absolute atomic E-state index is 13.6. The van der Waals surface area contributed by atoms with Crippen LogP contribution >= 0.6 is 11.6 Å². The first-order chi connectivity index (χ1) is 10.4. The van der Waals surface area contributed by atoms with E-state index in [-0.39, 0.29) is 11.5 Å². The summed E-state index contributed by atoms with van der Waals surface area (Å²) in [7, 11) is 0. The second-order valence-corrected chi connectivity index (χ2v) is 6.19. The zero-order chi connectivity index (χ0) is 15.9. The Morgan fingerprint density at radius 1 is 1.18 bits per heavy atom. The smallest absolute Gasteiger partial charge is 0.257 e. The second-order valence-electron chi connectivity index (χ2n) is 5.75. The molecule has 1 aliphatic rings. The molecular formula is C17H14ClF2NO. The van der Waals surface area contributed by atoms with E-state index in [2.05, 4.69) is 5.32 Å². The Kier molecular flexibility index (Phi) is 3.65. The number of carbonyl (C=O) groups is 1. The van der Waals surface area contributed by atoms with Crippen molar-refractivity contribution in [1.82, 2.24) is 5.32 Å². The van der Waals surface area contributed by atoms with Gasteiger partial charge in [-0.05, 0) is 36.2 Å². The Bertz CT molecular complexity index is 712. The summed E-state index contributed by atoms with van der Waals surface area (Å²) in [6, 6.07) is 10.6. The third kappa shape index (κ3) is 2.59. The Morgan fingerprint density at radius 2 is 1.77 bits per heavy atom. The summed E-state index contributed by atoms with van der Waals surface area (Å²) < 4.78 is 27.2. The van der Waals surface area contributed by atoms with E-state index >= 15 is 0 Å². The van der Waals surface area contributed by atoms with Crippen LogP contribution in [0.15, 0.2) is 42.5 Å². The molecule has 1 saturated carbocycles. The van der Waals surface area contributed by atoms with Gasteiger partial charge in [0.2, 0.25) is 0 Å². The fraction of sp³-hybridized carbons (Fsp3) is 0.235. The largest absolute Gasteiger partial charge is 0.348 e. The number of halogens is 3. The Labute approximate surface area is 132 Å². The van der Waals surface area contributed by atoms with Crippen molar-refractivity contribution in [3.8, 4) is 0 Å². The van der Waals surface area contributed by atoms with Crippen molar-refractivity contribution in [2.24, 2.45) is 0 Å². The number of rotatable bonds is 3. The minimum atomic E-state index is -0.855. The highest BCUT2D eigenvalue weighted by atomic mass is 35.5. The van der Waals surface area contributed by atoms with E-state index in [0.717, 1.165) is 24.1 Å². The van der Waals surface area contributed by atoms with E-state index in [1.54, 1.807) is 12.1 Å². The molecule has 0 aromatic heterocycles. The lowest BCUT2D eigenvalue weighted by molar-refractivity contribution is 0.0939. The molecule has 2 atom stereocenters. The summed E-state index contributed by atoms with van der Waals surface area (Å²) >= 11 is 5.86. The zero-order valence-corrected chi connectivity index (χ0v) is 12.6. The van der Waals surface area contributed by atoms with Gasteiger partial charge < -0.3 is 5.32 Å². The van der Waals surface area contributed by atoms with Crippen LogP contribution in [0.3, 0.4) is 0 Å². The predicted molar refractivity (Wildman–Crippen MR) is 81.0 cm³/mol. The lowest BCUT2D eigenvalue weighted by atomic mass is 9.97. The Balaban J connectivity index is 1.76. The van der Waals surface area contributed by atoms with Gasteiger partial charge in [-0.3, -0.25) is 4.79 Å². The lowest BCUT2D eigenvalue weighted by Gasteiger charge is -2.13. The van der Waals surface area contributed by atoms with Gasteiger partial charge in [-0.25, -0.2) is 8.78 Å². The number of amides is 1. The van der Waals surface area contributed by atoms with E-state index in [0.29, 0.717) is 5.02 Å². The van der Waals surface area contributed by atoms with Crippen LogP contribution in [-0.4, -0.2) is 11.9 Å². The molecule has 1 amide bonds. The Morgan fingerprint density at radius 3 is 2.36 bits per heavy atom. The highest BCUT2D eigenvalue weighted by Crippen LogP contribution is 2.48. The van der Waals surface area contributed by atoms with Crippen molar-refractivity contribution in [3.05, 3.63) is 70.2 Å². The predicted octanol–water partition coefficient (Wildman–Crippen LogP) is 4.08. The van der Waals surface area contributed by atoms with Crippen molar-refractivity contribution < 1.29 is 13.6 Å². The molecule has 114 valence electrons. The van der Waals surface area contributed by atoms with Crippen molar-refractivity contribution in [2.75, 3.05) is 0 Å². The van der Waals surface area contributed by atoms with Gasteiger partial charge in [0.05, 0.1) is 0 Å². The summed E-state index contributed by atoms with van der Waals surface area (Å²) in [5.74, 6) is -2.43. The van der Waals surface area contributed by atoms with Crippen molar-refractivity contribution in [2.45, 2.75) is 24.8 Å². The number of benzene rings is 2. The van der Waals surface area contributed by atoms with Crippen LogP contribution in [0.2, 0.25) is 5.02 Å². The molecule has 22 heavy (non-hydrogen) atoms. The maximum Gasteiger partial charge on any atom is 0.257 e. The van der Waals surface area contributed by atoms with Gasteiger partial charge in [-0.2, -0.15) is 0 Å². The molecule has 0 spiro atoms. The van der Waals surface area contributed by atoms with Gasteiger partial charge in [0.15, 0.2) is 0 Å². The monoisotopic (exact) mass is 321 g/mol. The molecule has 1 N–H and O–H groups in total. The molecule has 0 unspecified atom stereocenters. The van der Waals surface area contributed by atoms with Crippen molar-refractivity contribution in [1.29, 1.82) is 0 Å². The molecule has 5 heteroatoms. The maximum atomic E-state index is 13.6. The second kappa shape index (κ2) is 5.36. The van der Waals surface area contributed by atoms with Gasteiger partial charge in [0.25, 0.3) is 5.91 Å². The van der Waals surface area contributed by atoms with Crippen LogP contribution in [0.5, 0.6) is 0 Å². The van der Waals surface area contributed by atoms with Crippen LogP contribution in [0.4, 0.5) is 8.78 Å². The topological polar surface area (TPSA) is 29.1 Å². The lowest BCUT2D eigenvalue weighted by Crippen LogP contribution is -2.31. The minimum absolute atomic E-state index is 0.153. The summed E-state index contributed by atoms with van der Waals surface area (Å²) in [4.78, 5) is 12.1. The average molecular weight is 322 g/mol. The summed E-state index contributed by atoms with van der Waals surface area (Å²) in [5, 5.41) is 3.34. The Hall–Kier alpha value is -1.94. The van der Waals surface area contributed by atoms with Crippen LogP contribution < -0.4 is 5.32 Å². The third-order valence-corrected chi connectivity index (χ3v) is 4.49. The molecule has 0 aliphatic heterocycles. The van der Waals surface area contributed by atoms with E-state index in [9.17, 15) is 13.6 Å². The first kappa shape index (κ1) is 15.0. The molecule has 1 fully saturated rings. The van der Waals surface area contributed by atoms with Gasteiger partial charge in [-0.15, -0.1) is 0 Å². The molecule has 0 saturated heterocycles. The summed E-state index contributed by atoms with van der Waals surface area (Å²) in [6.07, 6.45) is 0.719. The van der Waals surface area contributed by atoms with Crippen molar-refractivity contribution in [3.63, 3.8) is 0 Å². The molecule has 2 aromatic carbocycles. The van der Waals surface area contributed by atoms with Gasteiger partial charge in [-0.1, -0.05) is 36.7 Å². The molecule has 2 nitrogen and oxygen atoms in total. The normalized spacial score (nSPS) is 23.2. The molecule has 1 aliphatic carbocycles. The fourth-order valence-corrected chi connectivity index (χ4v) is 2.80. The highest BCUT2D eigenvalue weighted by molar-refractivity contribution is 6.30. The van der Waals surface area contributed by atoms with Gasteiger partial charge in [0, 0.05) is 16.5 Å². The average Bonchev–Trinajstić information content (AvgIpc) is 3.10. The first-order valence-electron chi connectivity index (χ1n) is 6.93.